The van der Waals surface area contributed by atoms with E-state index < -0.39 is 0 Å². The summed E-state index contributed by atoms with van der Waals surface area (Å²) in [6.07, 6.45) is 6.12. The average molecular weight is 150 g/mol. The van der Waals surface area contributed by atoms with Crippen molar-refractivity contribution in [2.45, 2.75) is 20.0 Å². The minimum absolute atomic E-state index is 0.326. The summed E-state index contributed by atoms with van der Waals surface area (Å²) >= 11 is 0. The molecule has 1 saturated heterocycles. The van der Waals surface area contributed by atoms with E-state index in [1.807, 2.05) is 19.1 Å². The van der Waals surface area contributed by atoms with Gasteiger partial charge in [-0.3, -0.25) is 0 Å². The lowest BCUT2D eigenvalue weighted by Gasteiger charge is -2.00. The zero-order valence-electron chi connectivity index (χ0n) is 7.02. The Kier molecular flexibility index (Phi) is 2.36. The molecule has 0 spiro atoms. The van der Waals surface area contributed by atoms with Crippen molar-refractivity contribution >= 4 is 0 Å². The standard InChI is InChI=1S/C9H14N2/c1-4-6-9-8(5-2)10-7(3)11-9/h4-7,10-11H,1H2,2-3H3/b8-5+,9-6+. The molecule has 1 fully saturated rings. The molecular weight excluding hydrogens is 136 g/mol. The van der Waals surface area contributed by atoms with Gasteiger partial charge in [0.15, 0.2) is 0 Å². The lowest BCUT2D eigenvalue weighted by atomic mass is 10.3. The summed E-state index contributed by atoms with van der Waals surface area (Å²) in [5.74, 6) is 0. The van der Waals surface area contributed by atoms with Crippen LogP contribution in [-0.2, 0) is 0 Å². The fourth-order valence-electron chi connectivity index (χ4n) is 1.15. The molecule has 0 aliphatic carbocycles. The molecule has 1 rings (SSSR count). The van der Waals surface area contributed by atoms with Gasteiger partial charge < -0.3 is 10.6 Å². The van der Waals surface area contributed by atoms with E-state index in [0.29, 0.717) is 6.17 Å². The van der Waals surface area contributed by atoms with Crippen LogP contribution < -0.4 is 10.6 Å². The van der Waals surface area contributed by atoms with Crippen LogP contribution >= 0.6 is 0 Å². The summed E-state index contributed by atoms with van der Waals surface area (Å²) in [6, 6.07) is 0. The molecule has 0 saturated carbocycles. The van der Waals surface area contributed by atoms with Crippen LogP contribution in [0.5, 0.6) is 0 Å². The van der Waals surface area contributed by atoms with Gasteiger partial charge in [-0.15, -0.1) is 0 Å². The monoisotopic (exact) mass is 150 g/mol. The van der Waals surface area contributed by atoms with Gasteiger partial charge in [0, 0.05) is 0 Å². The number of hydrogen-bond donors (Lipinski definition) is 2. The van der Waals surface area contributed by atoms with Gasteiger partial charge in [-0.25, -0.2) is 0 Å². The Hall–Kier alpha value is -1.18. The maximum absolute atomic E-state index is 3.65. The molecule has 60 valence electrons. The number of hydrogen-bond acceptors (Lipinski definition) is 2. The van der Waals surface area contributed by atoms with E-state index in [9.17, 15) is 0 Å². The van der Waals surface area contributed by atoms with Crippen molar-refractivity contribution < 1.29 is 0 Å². The van der Waals surface area contributed by atoms with Gasteiger partial charge >= 0.3 is 0 Å². The van der Waals surface area contributed by atoms with Gasteiger partial charge in [-0.1, -0.05) is 18.7 Å². The van der Waals surface area contributed by atoms with Crippen LogP contribution in [0.1, 0.15) is 13.8 Å². The Balaban J connectivity index is 2.81. The first-order valence-electron chi connectivity index (χ1n) is 3.80. The molecule has 0 radical (unpaired) electrons. The fraction of sp³-hybridized carbons (Fsp3) is 0.333. The Morgan fingerprint density at radius 3 is 2.55 bits per heavy atom. The van der Waals surface area contributed by atoms with E-state index in [2.05, 4.69) is 24.1 Å². The van der Waals surface area contributed by atoms with E-state index in [1.165, 1.54) is 0 Å². The van der Waals surface area contributed by atoms with Crippen molar-refractivity contribution in [2.24, 2.45) is 0 Å². The van der Waals surface area contributed by atoms with Gasteiger partial charge in [-0.2, -0.15) is 0 Å². The topological polar surface area (TPSA) is 24.1 Å². The smallest absolute Gasteiger partial charge is 0.0935 e. The highest BCUT2D eigenvalue weighted by molar-refractivity contribution is 5.34. The summed E-state index contributed by atoms with van der Waals surface area (Å²) in [4.78, 5) is 0. The third kappa shape index (κ3) is 1.64. The average Bonchev–Trinajstić information content (AvgIpc) is 2.32. The molecule has 0 aromatic heterocycles. The van der Waals surface area contributed by atoms with E-state index in [4.69, 9.17) is 0 Å². The summed E-state index contributed by atoms with van der Waals surface area (Å²) in [5, 5.41) is 6.54. The summed E-state index contributed by atoms with van der Waals surface area (Å²) < 4.78 is 0. The first-order valence-corrected chi connectivity index (χ1v) is 3.80. The molecule has 1 atom stereocenters. The first-order chi connectivity index (χ1) is 5.27. The fourth-order valence-corrected chi connectivity index (χ4v) is 1.15. The second-order valence-corrected chi connectivity index (χ2v) is 2.53. The predicted octanol–water partition coefficient (Wildman–Crippen LogP) is 1.50. The molecule has 11 heavy (non-hydrogen) atoms. The van der Waals surface area contributed by atoms with Crippen LogP contribution in [0.4, 0.5) is 0 Å². The van der Waals surface area contributed by atoms with Crippen molar-refractivity contribution in [3.8, 4) is 0 Å². The van der Waals surface area contributed by atoms with Crippen LogP contribution in [0.3, 0.4) is 0 Å². The molecule has 1 aliphatic rings. The highest BCUT2D eigenvalue weighted by Crippen LogP contribution is 2.11. The number of nitrogens with one attached hydrogen (secondary N) is 2. The Labute approximate surface area is 67.7 Å². The van der Waals surface area contributed by atoms with E-state index >= 15 is 0 Å². The van der Waals surface area contributed by atoms with Gasteiger partial charge in [0.25, 0.3) is 0 Å². The summed E-state index contributed by atoms with van der Waals surface area (Å²) in [6.45, 7) is 7.74. The number of allylic oxidation sites excluding steroid dienone is 3. The molecular formula is C9H14N2. The van der Waals surface area contributed by atoms with Gasteiger partial charge in [0.2, 0.25) is 0 Å². The van der Waals surface area contributed by atoms with Crippen molar-refractivity contribution in [3.63, 3.8) is 0 Å². The molecule has 1 heterocycles. The zero-order valence-corrected chi connectivity index (χ0v) is 7.02. The largest absolute Gasteiger partial charge is 0.364 e. The Bertz CT molecular complexity index is 214. The van der Waals surface area contributed by atoms with Gasteiger partial charge in [-0.05, 0) is 19.9 Å². The molecule has 0 aromatic rings. The zero-order chi connectivity index (χ0) is 8.27. The first kappa shape index (κ1) is 7.92. The molecule has 2 heteroatoms. The molecule has 2 nitrogen and oxygen atoms in total. The third-order valence-corrected chi connectivity index (χ3v) is 1.61. The lowest BCUT2D eigenvalue weighted by molar-refractivity contribution is 0.629. The summed E-state index contributed by atoms with van der Waals surface area (Å²) in [7, 11) is 0. The maximum atomic E-state index is 3.65. The van der Waals surface area contributed by atoms with Crippen LogP contribution in [0, 0.1) is 0 Å². The molecule has 0 aromatic carbocycles. The molecule has 1 unspecified atom stereocenters. The predicted molar refractivity (Wildman–Crippen MR) is 47.8 cm³/mol. The molecule has 2 N–H and O–H groups in total. The van der Waals surface area contributed by atoms with Crippen LogP contribution in [-0.4, -0.2) is 6.17 Å². The van der Waals surface area contributed by atoms with Crippen molar-refractivity contribution in [3.05, 3.63) is 36.2 Å². The van der Waals surface area contributed by atoms with Crippen molar-refractivity contribution in [1.29, 1.82) is 0 Å². The minimum Gasteiger partial charge on any atom is -0.364 e. The van der Waals surface area contributed by atoms with Crippen LogP contribution in [0.15, 0.2) is 36.2 Å². The second-order valence-electron chi connectivity index (χ2n) is 2.53. The van der Waals surface area contributed by atoms with E-state index in [-0.39, 0.29) is 0 Å². The van der Waals surface area contributed by atoms with Crippen molar-refractivity contribution in [2.75, 3.05) is 0 Å². The normalized spacial score (nSPS) is 30.2. The van der Waals surface area contributed by atoms with E-state index in [0.717, 1.165) is 11.4 Å². The van der Waals surface area contributed by atoms with Crippen LogP contribution in [0.25, 0.3) is 0 Å². The lowest BCUT2D eigenvalue weighted by Crippen LogP contribution is -2.25. The second kappa shape index (κ2) is 3.28. The highest BCUT2D eigenvalue weighted by atomic mass is 15.2. The highest BCUT2D eigenvalue weighted by Gasteiger charge is 2.15. The van der Waals surface area contributed by atoms with E-state index in [1.54, 1.807) is 6.08 Å². The molecule has 1 aliphatic heterocycles. The molecule has 0 bridgehead atoms. The van der Waals surface area contributed by atoms with Crippen molar-refractivity contribution in [1.82, 2.24) is 10.6 Å². The number of rotatable bonds is 1. The van der Waals surface area contributed by atoms with Gasteiger partial charge in [0.1, 0.15) is 0 Å². The van der Waals surface area contributed by atoms with Crippen LogP contribution in [0.2, 0.25) is 0 Å². The third-order valence-electron chi connectivity index (χ3n) is 1.61. The van der Waals surface area contributed by atoms with Gasteiger partial charge in [0.05, 0.1) is 17.6 Å². The minimum atomic E-state index is 0.326. The molecule has 0 amide bonds. The quantitative estimate of drug-likeness (QED) is 0.592. The summed E-state index contributed by atoms with van der Waals surface area (Å²) in [5.41, 5.74) is 2.27. The Morgan fingerprint density at radius 2 is 2.00 bits per heavy atom. The SMILES string of the molecule is C=C/C=C1/NC(C)N/C1=C/C. The maximum Gasteiger partial charge on any atom is 0.0935 e. The Morgan fingerprint density at radius 1 is 1.36 bits per heavy atom.